The van der Waals surface area contributed by atoms with Gasteiger partial charge in [-0.3, -0.25) is 4.79 Å². The summed E-state index contributed by atoms with van der Waals surface area (Å²) >= 11 is 0. The first kappa shape index (κ1) is 9.90. The van der Waals surface area contributed by atoms with Gasteiger partial charge in [0.05, 0.1) is 0 Å². The Hall–Kier alpha value is -1.64. The molecular weight excluding hydrogens is 190 g/mol. The highest BCUT2D eigenvalue weighted by atomic mass is 16.4. The zero-order valence-corrected chi connectivity index (χ0v) is 8.82. The Balaban J connectivity index is 2.66. The third-order valence-corrected chi connectivity index (χ3v) is 2.89. The molecule has 0 aromatic heterocycles. The van der Waals surface area contributed by atoms with Gasteiger partial charge in [0.15, 0.2) is 0 Å². The molecule has 0 saturated heterocycles. The second-order valence-corrected chi connectivity index (χ2v) is 4.48. The fraction of sp³-hybridized carbons (Fsp3) is 0.333. The molecule has 1 aliphatic rings. The van der Waals surface area contributed by atoms with Crippen molar-refractivity contribution in [3.05, 3.63) is 35.4 Å². The van der Waals surface area contributed by atoms with Crippen molar-refractivity contribution in [2.45, 2.75) is 25.7 Å². The highest BCUT2D eigenvalue weighted by Gasteiger charge is 2.35. The predicted molar refractivity (Wildman–Crippen MR) is 57.6 cm³/mol. The Labute approximate surface area is 88.4 Å². The quantitative estimate of drug-likeness (QED) is 0.520. The topological polar surface area (TPSA) is 49.7 Å². The first-order valence-corrected chi connectivity index (χ1v) is 4.91. The number of benzene rings is 1. The largest absolute Gasteiger partial charge is 0.411 e. The van der Waals surface area contributed by atoms with Crippen LogP contribution in [0.15, 0.2) is 29.4 Å². The van der Waals surface area contributed by atoms with E-state index in [1.54, 1.807) is 6.07 Å². The maximum atomic E-state index is 11.8. The van der Waals surface area contributed by atoms with Crippen LogP contribution in [0.1, 0.15) is 36.2 Å². The highest BCUT2D eigenvalue weighted by Crippen LogP contribution is 2.35. The van der Waals surface area contributed by atoms with Gasteiger partial charge in [-0.05, 0) is 11.0 Å². The van der Waals surface area contributed by atoms with Gasteiger partial charge in [0.1, 0.15) is 5.71 Å². The van der Waals surface area contributed by atoms with E-state index >= 15 is 0 Å². The fourth-order valence-electron chi connectivity index (χ4n) is 2.10. The monoisotopic (exact) mass is 203 g/mol. The average Bonchev–Trinajstić information content (AvgIpc) is 2.24. The van der Waals surface area contributed by atoms with Gasteiger partial charge in [-0.1, -0.05) is 43.3 Å². The lowest BCUT2D eigenvalue weighted by atomic mass is 9.71. The molecule has 0 heterocycles. The van der Waals surface area contributed by atoms with Gasteiger partial charge in [0.2, 0.25) is 5.78 Å². The fourth-order valence-corrected chi connectivity index (χ4v) is 2.10. The number of hydrogen-bond acceptors (Lipinski definition) is 3. The van der Waals surface area contributed by atoms with Crippen LogP contribution in [0.5, 0.6) is 0 Å². The van der Waals surface area contributed by atoms with E-state index in [4.69, 9.17) is 5.21 Å². The molecule has 3 heteroatoms. The summed E-state index contributed by atoms with van der Waals surface area (Å²) in [6.07, 6.45) is 0.485. The SMILES string of the molecule is CC1(C)CC(=NO)C(=O)c2ccccc21. The summed E-state index contributed by atoms with van der Waals surface area (Å²) in [5.41, 5.74) is 1.79. The molecule has 0 bridgehead atoms. The highest BCUT2D eigenvalue weighted by molar-refractivity contribution is 6.47. The molecule has 0 unspecified atom stereocenters. The Bertz CT molecular complexity index is 447. The molecule has 2 rings (SSSR count). The van der Waals surface area contributed by atoms with Crippen molar-refractivity contribution in [1.82, 2.24) is 0 Å². The Morgan fingerprint density at radius 1 is 1.33 bits per heavy atom. The number of carbonyl (C=O) groups is 1. The average molecular weight is 203 g/mol. The number of hydrogen-bond donors (Lipinski definition) is 1. The smallest absolute Gasteiger partial charge is 0.210 e. The predicted octanol–water partition coefficient (Wildman–Crippen LogP) is 2.38. The molecule has 1 N–H and O–H groups in total. The summed E-state index contributed by atoms with van der Waals surface area (Å²) in [6, 6.07) is 7.49. The zero-order valence-electron chi connectivity index (χ0n) is 8.82. The molecule has 3 nitrogen and oxygen atoms in total. The van der Waals surface area contributed by atoms with Crippen molar-refractivity contribution in [3.63, 3.8) is 0 Å². The van der Waals surface area contributed by atoms with Crippen molar-refractivity contribution in [1.29, 1.82) is 0 Å². The number of Topliss-reactive ketones (excluding diaryl/α,β-unsaturated/α-hetero) is 1. The standard InChI is InChI=1S/C12H13NO2/c1-12(2)7-10(13-15)11(14)8-5-3-4-6-9(8)12/h3-6,15H,7H2,1-2H3. The molecule has 0 spiro atoms. The van der Waals surface area contributed by atoms with E-state index < -0.39 is 0 Å². The van der Waals surface area contributed by atoms with Gasteiger partial charge in [-0.25, -0.2) is 0 Å². The van der Waals surface area contributed by atoms with E-state index in [0.29, 0.717) is 12.0 Å². The third kappa shape index (κ3) is 1.44. The summed E-state index contributed by atoms with van der Waals surface area (Å²) in [7, 11) is 0. The van der Waals surface area contributed by atoms with Crippen LogP contribution in [-0.2, 0) is 5.41 Å². The van der Waals surface area contributed by atoms with Crippen molar-refractivity contribution in [2.24, 2.45) is 5.16 Å². The summed E-state index contributed by atoms with van der Waals surface area (Å²) in [4.78, 5) is 11.8. The van der Waals surface area contributed by atoms with Gasteiger partial charge in [0, 0.05) is 12.0 Å². The van der Waals surface area contributed by atoms with E-state index in [1.807, 2.05) is 32.0 Å². The third-order valence-electron chi connectivity index (χ3n) is 2.89. The second-order valence-electron chi connectivity index (χ2n) is 4.48. The molecule has 0 radical (unpaired) electrons. The molecule has 1 aliphatic carbocycles. The molecule has 1 aromatic carbocycles. The van der Waals surface area contributed by atoms with Crippen molar-refractivity contribution >= 4 is 11.5 Å². The van der Waals surface area contributed by atoms with Crippen LogP contribution in [0.4, 0.5) is 0 Å². The summed E-state index contributed by atoms with van der Waals surface area (Å²) in [6.45, 7) is 4.09. The van der Waals surface area contributed by atoms with E-state index in [-0.39, 0.29) is 16.9 Å². The van der Waals surface area contributed by atoms with E-state index in [9.17, 15) is 4.79 Å². The van der Waals surface area contributed by atoms with E-state index in [0.717, 1.165) is 5.56 Å². The molecule has 0 amide bonds. The first-order valence-electron chi connectivity index (χ1n) is 4.91. The van der Waals surface area contributed by atoms with Crippen LogP contribution in [0.3, 0.4) is 0 Å². The van der Waals surface area contributed by atoms with Crippen LogP contribution in [-0.4, -0.2) is 16.7 Å². The van der Waals surface area contributed by atoms with Gasteiger partial charge < -0.3 is 5.21 Å². The number of rotatable bonds is 0. The molecule has 0 saturated carbocycles. The number of carbonyl (C=O) groups excluding carboxylic acids is 1. The Morgan fingerprint density at radius 2 is 2.00 bits per heavy atom. The Morgan fingerprint density at radius 3 is 2.67 bits per heavy atom. The van der Waals surface area contributed by atoms with Gasteiger partial charge in [0.25, 0.3) is 0 Å². The van der Waals surface area contributed by atoms with Crippen LogP contribution >= 0.6 is 0 Å². The molecule has 0 aliphatic heterocycles. The lowest BCUT2D eigenvalue weighted by Gasteiger charge is -2.31. The molecular formula is C12H13NO2. The van der Waals surface area contributed by atoms with Crippen LogP contribution in [0.2, 0.25) is 0 Å². The summed E-state index contributed by atoms with van der Waals surface area (Å²) in [5.74, 6) is -0.160. The zero-order chi connectivity index (χ0) is 11.1. The summed E-state index contributed by atoms with van der Waals surface area (Å²) in [5, 5.41) is 11.9. The van der Waals surface area contributed by atoms with Crippen molar-refractivity contribution in [3.8, 4) is 0 Å². The Kier molecular flexibility index (Phi) is 2.11. The molecule has 0 atom stereocenters. The van der Waals surface area contributed by atoms with Crippen molar-refractivity contribution < 1.29 is 10.0 Å². The minimum atomic E-state index is -0.160. The number of ketones is 1. The maximum Gasteiger partial charge on any atom is 0.210 e. The first-order chi connectivity index (χ1) is 7.06. The number of fused-ring (bicyclic) bond motifs is 1. The molecule has 78 valence electrons. The van der Waals surface area contributed by atoms with Gasteiger partial charge in [-0.2, -0.15) is 0 Å². The van der Waals surface area contributed by atoms with Crippen LogP contribution in [0.25, 0.3) is 0 Å². The lowest BCUT2D eigenvalue weighted by Crippen LogP contribution is -2.34. The molecule has 1 aromatic rings. The maximum absolute atomic E-state index is 11.8. The lowest BCUT2D eigenvalue weighted by molar-refractivity contribution is 0.105. The van der Waals surface area contributed by atoms with Crippen LogP contribution in [0, 0.1) is 0 Å². The normalized spacial score (nSPS) is 21.5. The van der Waals surface area contributed by atoms with Gasteiger partial charge in [-0.15, -0.1) is 0 Å². The number of oxime groups is 1. The van der Waals surface area contributed by atoms with Crippen molar-refractivity contribution in [2.75, 3.05) is 0 Å². The van der Waals surface area contributed by atoms with E-state index in [1.165, 1.54) is 0 Å². The molecule has 15 heavy (non-hydrogen) atoms. The van der Waals surface area contributed by atoms with Crippen LogP contribution < -0.4 is 0 Å². The summed E-state index contributed by atoms with van der Waals surface area (Å²) < 4.78 is 0. The minimum absolute atomic E-state index is 0.147. The second kappa shape index (κ2) is 3.19. The molecule has 0 fully saturated rings. The van der Waals surface area contributed by atoms with E-state index in [2.05, 4.69) is 5.16 Å². The minimum Gasteiger partial charge on any atom is -0.411 e. The van der Waals surface area contributed by atoms with Gasteiger partial charge >= 0.3 is 0 Å². The number of nitrogens with zero attached hydrogens (tertiary/aromatic N) is 1.